The molecule has 142 valence electrons. The molecule has 0 heterocycles. The highest BCUT2D eigenvalue weighted by Gasteiger charge is 2.07. The van der Waals surface area contributed by atoms with E-state index in [1.54, 1.807) is 6.92 Å². The Morgan fingerprint density at radius 1 is 1.12 bits per heavy atom. The molecular weight excluding hydrogens is 328 g/mol. The molecule has 0 fully saturated rings. The fourth-order valence-electron chi connectivity index (χ4n) is 1.95. The number of ether oxygens (including phenoxy) is 3. The third-order valence-electron chi connectivity index (χ3n) is 3.52. The minimum Gasteiger partial charge on any atom is -0.493 e. The van der Waals surface area contributed by atoms with Crippen molar-refractivity contribution >= 4 is 0 Å². The van der Waals surface area contributed by atoms with E-state index in [-0.39, 0.29) is 17.6 Å². The van der Waals surface area contributed by atoms with Crippen LogP contribution in [0.1, 0.15) is 53.7 Å². The van der Waals surface area contributed by atoms with E-state index in [1.807, 2.05) is 0 Å². The van der Waals surface area contributed by atoms with Crippen molar-refractivity contribution in [3.63, 3.8) is 0 Å². The van der Waals surface area contributed by atoms with E-state index in [0.29, 0.717) is 11.1 Å². The van der Waals surface area contributed by atoms with Gasteiger partial charge < -0.3 is 19.3 Å². The first-order valence-electron chi connectivity index (χ1n) is 14.4. The lowest BCUT2D eigenvalue weighted by atomic mass is 10.0. The molecule has 0 radical (unpaired) electrons. The maximum atomic E-state index is 10.5. The second-order valence-electron chi connectivity index (χ2n) is 5.47. The van der Waals surface area contributed by atoms with Crippen molar-refractivity contribution in [2.45, 2.75) is 45.6 Å². The highest BCUT2D eigenvalue weighted by atomic mass is 16.5. The molecule has 26 heavy (non-hydrogen) atoms. The van der Waals surface area contributed by atoms with Crippen molar-refractivity contribution in [2.24, 2.45) is 0 Å². The topological polar surface area (TPSA) is 47.9 Å². The molecule has 2 aromatic carbocycles. The average molecular weight is 372 g/mol. The smallest absolute Gasteiger partial charge is 0.160 e. The van der Waals surface area contributed by atoms with E-state index in [0.717, 1.165) is 7.11 Å². The van der Waals surface area contributed by atoms with E-state index in [4.69, 9.17) is 32.0 Å². The number of benzene rings is 2. The molecule has 0 aliphatic carbocycles. The number of methoxy groups -OCH3 is 2. The molecule has 2 aromatic rings. The fraction of sp³-hybridized carbons (Fsp3) is 0.455. The van der Waals surface area contributed by atoms with Crippen LogP contribution in [0.4, 0.5) is 0 Å². The highest BCUT2D eigenvalue weighted by molar-refractivity contribution is 5.42. The predicted molar refractivity (Wildman–Crippen MR) is 105 cm³/mol. The molecule has 1 N–H and O–H groups in total. The molecule has 1 atom stereocenters. The van der Waals surface area contributed by atoms with Crippen LogP contribution in [0.15, 0.2) is 36.3 Å². The van der Waals surface area contributed by atoms with Gasteiger partial charge in [-0.3, -0.25) is 0 Å². The second-order valence-corrected chi connectivity index (χ2v) is 5.47. The van der Waals surface area contributed by atoms with E-state index in [2.05, 4.69) is 0 Å². The summed E-state index contributed by atoms with van der Waals surface area (Å²) < 4.78 is 118. The van der Waals surface area contributed by atoms with Gasteiger partial charge in [0.15, 0.2) is 11.5 Å². The summed E-state index contributed by atoms with van der Waals surface area (Å²) in [6.45, 7) is 0.185. The zero-order valence-electron chi connectivity index (χ0n) is 27.9. The number of aliphatic hydroxyl groups is 1. The Morgan fingerprint density at radius 3 is 2.73 bits per heavy atom. The Hall–Kier alpha value is -2.20. The first-order valence-corrected chi connectivity index (χ1v) is 7.94. The van der Waals surface area contributed by atoms with Crippen LogP contribution in [0.3, 0.4) is 0 Å². The lowest BCUT2D eigenvalue weighted by molar-refractivity contribution is 0.0976. The molecule has 4 heteroatoms. The maximum Gasteiger partial charge on any atom is 0.160 e. The third-order valence-corrected chi connectivity index (χ3v) is 3.52. The first-order chi connectivity index (χ1) is 17.6. The van der Waals surface area contributed by atoms with Crippen LogP contribution in [-0.4, -0.2) is 31.9 Å². The van der Waals surface area contributed by atoms with Crippen molar-refractivity contribution in [2.75, 3.05) is 20.7 Å². The van der Waals surface area contributed by atoms with Gasteiger partial charge in [-0.25, -0.2) is 0 Å². The van der Waals surface area contributed by atoms with Crippen molar-refractivity contribution < 1.29 is 37.1 Å². The van der Waals surface area contributed by atoms with Gasteiger partial charge in [-0.05, 0) is 73.9 Å². The highest BCUT2D eigenvalue weighted by Crippen LogP contribution is 2.28. The molecule has 0 bridgehead atoms. The number of rotatable bonds is 10. The van der Waals surface area contributed by atoms with Gasteiger partial charge in [-0.1, -0.05) is 18.5 Å². The van der Waals surface area contributed by atoms with Gasteiger partial charge in [0.2, 0.25) is 0 Å². The zero-order chi connectivity index (χ0) is 30.2. The summed E-state index contributed by atoms with van der Waals surface area (Å²) >= 11 is 0. The minimum absolute atomic E-state index is 0.257. The van der Waals surface area contributed by atoms with Crippen LogP contribution in [0.2, 0.25) is 0 Å². The molecule has 4 nitrogen and oxygen atoms in total. The van der Waals surface area contributed by atoms with E-state index < -0.39 is 86.8 Å². The standard InChI is InChI=1S/C22H30O4/c1-16-9-11-20(13-17(16)2)26-15-19(23)8-6-5-7-18-10-12-21(24-3)22(14-18)25-4/h9-14,19,23H,5-8,15H2,1-4H3/i4D3,5D2,9D,10D,11D,12D,13D,14D,15D2. The minimum atomic E-state index is -3.01. The molecule has 0 aliphatic rings. The summed E-state index contributed by atoms with van der Waals surface area (Å²) in [5.41, 5.74) is 0.325. The molecule has 1 unspecified atom stereocenters. The largest absolute Gasteiger partial charge is 0.493 e. The van der Waals surface area contributed by atoms with Gasteiger partial charge in [0.05, 0.1) is 35.3 Å². The Labute approximate surface area is 175 Å². The van der Waals surface area contributed by atoms with Crippen LogP contribution in [0, 0.1) is 13.8 Å². The van der Waals surface area contributed by atoms with Gasteiger partial charge in [0.1, 0.15) is 12.3 Å². The molecule has 0 aromatic heterocycles. The SMILES string of the molecule is [2H]c1c([2H])c(OC([2H])([2H])C(O)CCC([2H])([2H])Cc2c([2H])c([2H])c(OC)c(OC([2H])([2H])[2H])c2[2H])c([2H])c(C)c1C. The van der Waals surface area contributed by atoms with Crippen LogP contribution < -0.4 is 14.2 Å². The predicted octanol–water partition coefficient (Wildman–Crippen LogP) is 4.47. The van der Waals surface area contributed by atoms with Crippen LogP contribution >= 0.6 is 0 Å². The van der Waals surface area contributed by atoms with Gasteiger partial charge in [0, 0.05) is 2.74 Å². The summed E-state index contributed by atoms with van der Waals surface area (Å²) in [5.74, 6) is -1.64. The molecular formula is C22H30O4. The van der Waals surface area contributed by atoms with Crippen molar-refractivity contribution in [3.05, 3.63) is 52.9 Å². The molecule has 0 aliphatic heterocycles. The Bertz CT molecular complexity index is 1200. The molecule has 2 rings (SSSR count). The van der Waals surface area contributed by atoms with E-state index in [9.17, 15) is 5.11 Å². The summed E-state index contributed by atoms with van der Waals surface area (Å²) in [6.07, 6.45) is -5.91. The van der Waals surface area contributed by atoms with Gasteiger partial charge >= 0.3 is 0 Å². The Balaban J connectivity index is 2.29. The average Bonchev–Trinajstić information content (AvgIpc) is 2.83. The van der Waals surface area contributed by atoms with Crippen molar-refractivity contribution in [3.8, 4) is 17.2 Å². The lowest BCUT2D eigenvalue weighted by Gasteiger charge is -2.13. The van der Waals surface area contributed by atoms with Crippen LogP contribution in [-0.2, 0) is 6.42 Å². The molecule has 0 spiro atoms. The van der Waals surface area contributed by atoms with E-state index >= 15 is 0 Å². The normalized spacial score (nSPS) is 20.7. The quantitative estimate of drug-likeness (QED) is 0.669. The summed E-state index contributed by atoms with van der Waals surface area (Å²) in [7, 11) is -1.91. The first kappa shape index (κ1) is 8.66. The Morgan fingerprint density at radius 2 is 1.96 bits per heavy atom. The van der Waals surface area contributed by atoms with Crippen LogP contribution in [0.5, 0.6) is 17.2 Å². The molecule has 0 amide bonds. The summed E-state index contributed by atoms with van der Waals surface area (Å²) in [4.78, 5) is 0. The summed E-state index contributed by atoms with van der Waals surface area (Å²) in [6, 6.07) is -2.94. The number of aliphatic hydroxyl groups excluding tert-OH is 1. The van der Waals surface area contributed by atoms with Crippen molar-refractivity contribution in [1.82, 2.24) is 0 Å². The zero-order valence-corrected chi connectivity index (χ0v) is 14.9. The number of hydrogen-bond donors (Lipinski definition) is 1. The summed E-state index contributed by atoms with van der Waals surface area (Å²) in [5, 5.41) is 10.5. The van der Waals surface area contributed by atoms with Gasteiger partial charge in [0.25, 0.3) is 0 Å². The second kappa shape index (κ2) is 10.1. The third kappa shape index (κ3) is 5.95. The van der Waals surface area contributed by atoms with Gasteiger partial charge in [-0.15, -0.1) is 0 Å². The fourth-order valence-corrected chi connectivity index (χ4v) is 1.95. The van der Waals surface area contributed by atoms with E-state index in [1.165, 1.54) is 6.92 Å². The lowest BCUT2D eigenvalue weighted by Crippen LogP contribution is -2.17. The molecule has 0 saturated heterocycles. The molecule has 0 saturated carbocycles. The van der Waals surface area contributed by atoms with Gasteiger partial charge in [-0.2, -0.15) is 0 Å². The monoisotopic (exact) mass is 371 g/mol. The van der Waals surface area contributed by atoms with Crippen molar-refractivity contribution in [1.29, 1.82) is 0 Å². The number of hydrogen-bond acceptors (Lipinski definition) is 4. The Kier molecular flexibility index (Phi) is 3.35. The van der Waals surface area contributed by atoms with Crippen LogP contribution in [0.25, 0.3) is 0 Å². The maximum absolute atomic E-state index is 10.5.